The van der Waals surface area contributed by atoms with Gasteiger partial charge in [-0.1, -0.05) is 17.3 Å². The van der Waals surface area contributed by atoms with Gasteiger partial charge in [0, 0.05) is 6.07 Å². The maximum atomic E-state index is 11.9. The molecule has 3 aromatic rings. The highest BCUT2D eigenvalue weighted by Crippen LogP contribution is 2.11. The fourth-order valence-corrected chi connectivity index (χ4v) is 1.99. The number of carbonyl (C=O) groups is 2. The molecule has 0 saturated heterocycles. The Labute approximate surface area is 125 Å². The van der Waals surface area contributed by atoms with E-state index in [2.05, 4.69) is 21.0 Å². The summed E-state index contributed by atoms with van der Waals surface area (Å²) in [5.74, 6) is -0.914. The van der Waals surface area contributed by atoms with Crippen LogP contribution in [0.5, 0.6) is 0 Å². The zero-order valence-electron chi connectivity index (χ0n) is 11.7. The summed E-state index contributed by atoms with van der Waals surface area (Å²) in [6.45, 7) is 1.74. The van der Waals surface area contributed by atoms with Gasteiger partial charge in [0.2, 0.25) is 5.76 Å². The molecule has 0 bridgehead atoms. The summed E-state index contributed by atoms with van der Waals surface area (Å²) < 4.78 is 6.48. The van der Waals surface area contributed by atoms with Crippen LogP contribution in [0.15, 0.2) is 41.2 Å². The summed E-state index contributed by atoms with van der Waals surface area (Å²) in [7, 11) is 0. The first-order chi connectivity index (χ1) is 10.6. The number of rotatable bonds is 3. The van der Waals surface area contributed by atoms with Crippen LogP contribution in [0.3, 0.4) is 0 Å². The largest absolute Gasteiger partial charge is 0.351 e. The molecule has 0 unspecified atom stereocenters. The molecule has 8 nitrogen and oxygen atoms in total. The maximum absolute atomic E-state index is 11.9. The van der Waals surface area contributed by atoms with Gasteiger partial charge in [-0.15, -0.1) is 0 Å². The SMILES string of the molecule is Cc1cc(C(=O)NNC(=O)Cn2cnc3ccccc32)on1. The Bertz CT molecular complexity index is 836. The quantitative estimate of drug-likeness (QED) is 0.696. The Kier molecular flexibility index (Phi) is 3.57. The molecule has 2 heterocycles. The van der Waals surface area contributed by atoms with Crippen LogP contribution in [-0.2, 0) is 11.3 Å². The van der Waals surface area contributed by atoms with Crippen molar-refractivity contribution in [1.82, 2.24) is 25.6 Å². The molecule has 112 valence electrons. The third-order valence-electron chi connectivity index (χ3n) is 3.01. The second kappa shape index (κ2) is 5.68. The Balaban J connectivity index is 1.60. The van der Waals surface area contributed by atoms with Crippen LogP contribution in [0.2, 0.25) is 0 Å². The summed E-state index contributed by atoms with van der Waals surface area (Å²) in [6.07, 6.45) is 1.58. The molecular weight excluding hydrogens is 286 g/mol. The van der Waals surface area contributed by atoms with Crippen LogP contribution < -0.4 is 10.9 Å². The molecule has 0 aliphatic carbocycles. The molecule has 0 saturated carbocycles. The summed E-state index contributed by atoms with van der Waals surface area (Å²) in [6, 6.07) is 8.94. The second-order valence-electron chi connectivity index (χ2n) is 4.70. The van der Waals surface area contributed by atoms with Crippen molar-refractivity contribution in [1.29, 1.82) is 0 Å². The van der Waals surface area contributed by atoms with E-state index >= 15 is 0 Å². The molecular formula is C14H13N5O3. The van der Waals surface area contributed by atoms with Crippen molar-refractivity contribution in [2.75, 3.05) is 0 Å². The fraction of sp³-hybridized carbons (Fsp3) is 0.143. The van der Waals surface area contributed by atoms with Gasteiger partial charge in [-0.05, 0) is 19.1 Å². The smallest absolute Gasteiger partial charge is 0.308 e. The number of nitrogens with zero attached hydrogens (tertiary/aromatic N) is 3. The molecule has 8 heteroatoms. The highest BCUT2D eigenvalue weighted by Gasteiger charge is 2.13. The van der Waals surface area contributed by atoms with Gasteiger partial charge < -0.3 is 9.09 Å². The Morgan fingerprint density at radius 3 is 2.86 bits per heavy atom. The van der Waals surface area contributed by atoms with Crippen molar-refractivity contribution >= 4 is 22.8 Å². The van der Waals surface area contributed by atoms with Crippen molar-refractivity contribution < 1.29 is 14.1 Å². The lowest BCUT2D eigenvalue weighted by atomic mass is 10.3. The lowest BCUT2D eigenvalue weighted by molar-refractivity contribution is -0.122. The van der Waals surface area contributed by atoms with Crippen LogP contribution in [0.25, 0.3) is 11.0 Å². The number of carbonyl (C=O) groups excluding carboxylic acids is 2. The van der Waals surface area contributed by atoms with Gasteiger partial charge in [-0.25, -0.2) is 4.98 Å². The van der Waals surface area contributed by atoms with E-state index in [0.717, 1.165) is 11.0 Å². The minimum Gasteiger partial charge on any atom is -0.351 e. The Morgan fingerprint density at radius 2 is 2.09 bits per heavy atom. The van der Waals surface area contributed by atoms with Crippen molar-refractivity contribution in [3.8, 4) is 0 Å². The van der Waals surface area contributed by atoms with Crippen molar-refractivity contribution in [2.24, 2.45) is 0 Å². The highest BCUT2D eigenvalue weighted by atomic mass is 16.5. The average molecular weight is 299 g/mol. The van der Waals surface area contributed by atoms with E-state index in [1.54, 1.807) is 17.8 Å². The standard InChI is InChI=1S/C14H13N5O3/c1-9-6-12(22-18-9)14(21)17-16-13(20)7-19-8-15-10-4-2-3-5-11(10)19/h2-6,8H,7H2,1H3,(H,16,20)(H,17,21). The topological polar surface area (TPSA) is 102 Å². The number of nitrogens with one attached hydrogen (secondary N) is 2. The summed E-state index contributed by atoms with van der Waals surface area (Å²) in [4.78, 5) is 27.8. The zero-order chi connectivity index (χ0) is 15.5. The van der Waals surface area contributed by atoms with E-state index in [1.807, 2.05) is 24.3 Å². The molecule has 0 atom stereocenters. The second-order valence-corrected chi connectivity index (χ2v) is 4.70. The van der Waals surface area contributed by atoms with Gasteiger partial charge in [0.05, 0.1) is 23.1 Å². The van der Waals surface area contributed by atoms with Crippen LogP contribution in [0, 0.1) is 6.92 Å². The minimum absolute atomic E-state index is 0.0332. The summed E-state index contributed by atoms with van der Waals surface area (Å²) in [5.41, 5.74) is 6.81. The Hall–Kier alpha value is -3.16. The molecule has 1 aromatic carbocycles. The fourth-order valence-electron chi connectivity index (χ4n) is 1.99. The van der Waals surface area contributed by atoms with Crippen molar-refractivity contribution in [3.63, 3.8) is 0 Å². The van der Waals surface area contributed by atoms with E-state index in [-0.39, 0.29) is 18.2 Å². The molecule has 2 amide bonds. The molecule has 3 rings (SSSR count). The van der Waals surface area contributed by atoms with E-state index in [0.29, 0.717) is 5.69 Å². The first kappa shape index (κ1) is 13.8. The molecule has 2 N–H and O–H groups in total. The lowest BCUT2D eigenvalue weighted by Gasteiger charge is -2.06. The Morgan fingerprint density at radius 1 is 1.27 bits per heavy atom. The third kappa shape index (κ3) is 2.80. The van der Waals surface area contributed by atoms with Gasteiger partial charge in [0.15, 0.2) is 0 Å². The van der Waals surface area contributed by atoms with Crippen molar-refractivity contribution in [2.45, 2.75) is 13.5 Å². The zero-order valence-corrected chi connectivity index (χ0v) is 11.7. The highest BCUT2D eigenvalue weighted by molar-refractivity contribution is 5.93. The number of hydrazine groups is 1. The van der Waals surface area contributed by atoms with Gasteiger partial charge in [0.1, 0.15) is 6.54 Å². The molecule has 0 aliphatic rings. The van der Waals surface area contributed by atoms with Crippen LogP contribution in [0.4, 0.5) is 0 Å². The van der Waals surface area contributed by atoms with Gasteiger partial charge in [-0.2, -0.15) is 0 Å². The van der Waals surface area contributed by atoms with E-state index < -0.39 is 5.91 Å². The van der Waals surface area contributed by atoms with E-state index in [4.69, 9.17) is 4.52 Å². The van der Waals surface area contributed by atoms with E-state index in [1.165, 1.54) is 6.07 Å². The number of aromatic nitrogens is 3. The lowest BCUT2D eigenvalue weighted by Crippen LogP contribution is -2.43. The summed E-state index contributed by atoms with van der Waals surface area (Å²) >= 11 is 0. The number of para-hydroxylation sites is 2. The molecule has 0 spiro atoms. The molecule has 0 aliphatic heterocycles. The number of hydrogen-bond acceptors (Lipinski definition) is 5. The van der Waals surface area contributed by atoms with Crippen LogP contribution >= 0.6 is 0 Å². The number of hydrogen-bond donors (Lipinski definition) is 2. The number of fused-ring (bicyclic) bond motifs is 1. The maximum Gasteiger partial charge on any atom is 0.308 e. The van der Waals surface area contributed by atoms with Crippen LogP contribution in [0.1, 0.15) is 16.2 Å². The average Bonchev–Trinajstić information content (AvgIpc) is 3.12. The van der Waals surface area contributed by atoms with E-state index in [9.17, 15) is 9.59 Å². The molecule has 0 radical (unpaired) electrons. The number of aryl methyl sites for hydroxylation is 1. The molecule has 22 heavy (non-hydrogen) atoms. The first-order valence-electron chi connectivity index (χ1n) is 6.56. The monoisotopic (exact) mass is 299 g/mol. The molecule has 2 aromatic heterocycles. The van der Waals surface area contributed by atoms with Crippen LogP contribution in [-0.4, -0.2) is 26.5 Å². The predicted octanol–water partition coefficient (Wildman–Crippen LogP) is 0.794. The van der Waals surface area contributed by atoms with Crippen molar-refractivity contribution in [3.05, 3.63) is 48.1 Å². The minimum atomic E-state index is -0.565. The van der Waals surface area contributed by atoms with Gasteiger partial charge in [-0.3, -0.25) is 20.4 Å². The van der Waals surface area contributed by atoms with Gasteiger partial charge in [0.25, 0.3) is 5.91 Å². The summed E-state index contributed by atoms with van der Waals surface area (Å²) in [5, 5.41) is 3.60. The number of amides is 2. The number of benzene rings is 1. The predicted molar refractivity (Wildman–Crippen MR) is 76.6 cm³/mol. The van der Waals surface area contributed by atoms with Gasteiger partial charge >= 0.3 is 5.91 Å². The third-order valence-corrected chi connectivity index (χ3v) is 3.01. The first-order valence-corrected chi connectivity index (χ1v) is 6.56. The molecule has 0 fully saturated rings. The normalized spacial score (nSPS) is 10.6. The number of imidazole rings is 1.